The predicted octanol–water partition coefficient (Wildman–Crippen LogP) is 3.50. The van der Waals surface area contributed by atoms with Crippen molar-refractivity contribution in [2.75, 3.05) is 12.8 Å². The molecule has 0 bridgehead atoms. The Morgan fingerprint density at radius 3 is 2.65 bits per heavy atom. The number of hydrogen-bond donors (Lipinski definition) is 1. The number of nitrogens with zero attached hydrogens (tertiary/aromatic N) is 1. The van der Waals surface area contributed by atoms with Crippen LogP contribution >= 0.6 is 0 Å². The molecule has 0 saturated heterocycles. The summed E-state index contributed by atoms with van der Waals surface area (Å²) in [5, 5.41) is 4.00. The van der Waals surface area contributed by atoms with Crippen LogP contribution in [0.2, 0.25) is 0 Å². The standard InChI is InChI=1S/C15H14N2O3/c1-9-7-8-12(19-9)14-13(15(16)20-17-14)10-5-3-4-6-11(10)18-2/h3-8H,16H2,1-2H3. The number of aromatic nitrogens is 1. The minimum absolute atomic E-state index is 0.235. The molecule has 3 rings (SSSR count). The molecule has 3 aromatic rings. The Labute approximate surface area is 115 Å². The number of furan rings is 1. The zero-order valence-electron chi connectivity index (χ0n) is 11.2. The van der Waals surface area contributed by atoms with Crippen LogP contribution in [0.1, 0.15) is 5.76 Å². The smallest absolute Gasteiger partial charge is 0.230 e. The first kappa shape index (κ1) is 12.3. The number of methoxy groups -OCH3 is 1. The zero-order valence-corrected chi connectivity index (χ0v) is 11.2. The van der Waals surface area contributed by atoms with Gasteiger partial charge in [0.05, 0.1) is 12.7 Å². The number of anilines is 1. The van der Waals surface area contributed by atoms with Crippen LogP contribution in [0.15, 0.2) is 45.3 Å². The molecule has 2 aromatic heterocycles. The fourth-order valence-electron chi connectivity index (χ4n) is 2.14. The van der Waals surface area contributed by atoms with Crippen molar-refractivity contribution in [3.8, 4) is 28.3 Å². The van der Waals surface area contributed by atoms with E-state index < -0.39 is 0 Å². The average molecular weight is 270 g/mol. The fraction of sp³-hybridized carbons (Fsp3) is 0.133. The summed E-state index contributed by atoms with van der Waals surface area (Å²) in [5.41, 5.74) is 7.98. The third-order valence-electron chi connectivity index (χ3n) is 3.07. The first-order valence-corrected chi connectivity index (χ1v) is 6.16. The molecule has 0 fully saturated rings. The van der Waals surface area contributed by atoms with E-state index in [1.807, 2.05) is 43.3 Å². The van der Waals surface area contributed by atoms with E-state index in [1.165, 1.54) is 0 Å². The van der Waals surface area contributed by atoms with E-state index in [1.54, 1.807) is 7.11 Å². The van der Waals surface area contributed by atoms with Crippen LogP contribution in [0.4, 0.5) is 5.88 Å². The number of aryl methyl sites for hydroxylation is 1. The van der Waals surface area contributed by atoms with Gasteiger partial charge in [-0.15, -0.1) is 0 Å². The molecule has 0 amide bonds. The maximum Gasteiger partial charge on any atom is 0.230 e. The molecule has 5 heteroatoms. The third-order valence-corrected chi connectivity index (χ3v) is 3.07. The Morgan fingerprint density at radius 1 is 1.15 bits per heavy atom. The summed E-state index contributed by atoms with van der Waals surface area (Å²) in [6.45, 7) is 1.87. The van der Waals surface area contributed by atoms with Crippen LogP contribution in [0.25, 0.3) is 22.6 Å². The number of ether oxygens (including phenoxy) is 1. The highest BCUT2D eigenvalue weighted by atomic mass is 16.5. The summed E-state index contributed by atoms with van der Waals surface area (Å²) in [5.74, 6) is 2.35. The third kappa shape index (κ3) is 1.93. The molecule has 0 atom stereocenters. The molecule has 1 aromatic carbocycles. The largest absolute Gasteiger partial charge is 0.496 e. The van der Waals surface area contributed by atoms with E-state index in [2.05, 4.69) is 5.16 Å². The van der Waals surface area contributed by atoms with Gasteiger partial charge in [-0.1, -0.05) is 23.4 Å². The topological polar surface area (TPSA) is 74.4 Å². The van der Waals surface area contributed by atoms with E-state index in [0.717, 1.165) is 11.3 Å². The number of nitrogen functional groups attached to an aromatic ring is 1. The van der Waals surface area contributed by atoms with Gasteiger partial charge in [-0.2, -0.15) is 0 Å². The Hall–Kier alpha value is -2.69. The highest BCUT2D eigenvalue weighted by Gasteiger charge is 2.22. The van der Waals surface area contributed by atoms with Crippen LogP contribution < -0.4 is 10.5 Å². The van der Waals surface area contributed by atoms with Crippen LogP contribution in [0.5, 0.6) is 5.75 Å². The number of rotatable bonds is 3. The number of hydrogen-bond acceptors (Lipinski definition) is 5. The van der Waals surface area contributed by atoms with Gasteiger partial charge in [-0.3, -0.25) is 0 Å². The van der Waals surface area contributed by atoms with Gasteiger partial charge in [0.25, 0.3) is 0 Å². The lowest BCUT2D eigenvalue weighted by atomic mass is 10.0. The number of benzene rings is 1. The minimum atomic E-state index is 0.235. The van der Waals surface area contributed by atoms with Gasteiger partial charge in [0, 0.05) is 5.56 Å². The molecule has 0 radical (unpaired) electrons. The van der Waals surface area contributed by atoms with E-state index >= 15 is 0 Å². The molecule has 0 spiro atoms. The van der Waals surface area contributed by atoms with E-state index in [0.29, 0.717) is 22.8 Å². The molecule has 0 unspecified atom stereocenters. The van der Waals surface area contributed by atoms with Crippen molar-refractivity contribution in [2.24, 2.45) is 0 Å². The lowest BCUT2D eigenvalue weighted by molar-refractivity contribution is 0.416. The first-order valence-electron chi connectivity index (χ1n) is 6.16. The monoisotopic (exact) mass is 270 g/mol. The summed E-state index contributed by atoms with van der Waals surface area (Å²) in [4.78, 5) is 0. The SMILES string of the molecule is COc1ccccc1-c1c(-c2ccc(C)o2)noc1N. The molecule has 0 aliphatic rings. The summed E-state index contributed by atoms with van der Waals surface area (Å²) < 4.78 is 16.1. The highest BCUT2D eigenvalue weighted by Crippen LogP contribution is 2.40. The lowest BCUT2D eigenvalue weighted by Gasteiger charge is -2.07. The quantitative estimate of drug-likeness (QED) is 0.788. The van der Waals surface area contributed by atoms with Crippen molar-refractivity contribution in [3.05, 3.63) is 42.2 Å². The normalized spacial score (nSPS) is 10.7. The van der Waals surface area contributed by atoms with Gasteiger partial charge in [0.15, 0.2) is 11.5 Å². The van der Waals surface area contributed by atoms with Gasteiger partial charge in [0.1, 0.15) is 11.5 Å². The van der Waals surface area contributed by atoms with Crippen molar-refractivity contribution in [2.45, 2.75) is 6.92 Å². The number of para-hydroxylation sites is 1. The molecule has 5 nitrogen and oxygen atoms in total. The Morgan fingerprint density at radius 2 is 1.95 bits per heavy atom. The van der Waals surface area contributed by atoms with E-state index in [-0.39, 0.29) is 5.88 Å². The predicted molar refractivity (Wildman–Crippen MR) is 75.3 cm³/mol. The van der Waals surface area contributed by atoms with Crippen molar-refractivity contribution in [3.63, 3.8) is 0 Å². The second-order valence-corrected chi connectivity index (χ2v) is 4.38. The first-order chi connectivity index (χ1) is 9.70. The fourth-order valence-corrected chi connectivity index (χ4v) is 2.14. The zero-order chi connectivity index (χ0) is 14.1. The maximum absolute atomic E-state index is 5.91. The lowest BCUT2D eigenvalue weighted by Crippen LogP contribution is -1.91. The maximum atomic E-state index is 5.91. The van der Waals surface area contributed by atoms with Gasteiger partial charge >= 0.3 is 0 Å². The molecule has 0 aliphatic heterocycles. The van der Waals surface area contributed by atoms with Crippen molar-refractivity contribution in [1.82, 2.24) is 5.16 Å². The molecule has 0 saturated carbocycles. The number of nitrogens with two attached hydrogens (primary N) is 1. The summed E-state index contributed by atoms with van der Waals surface area (Å²) in [6, 6.07) is 11.3. The second kappa shape index (κ2) is 4.77. The van der Waals surface area contributed by atoms with E-state index in [9.17, 15) is 0 Å². The molecule has 102 valence electrons. The Balaban J connectivity index is 2.21. The van der Waals surface area contributed by atoms with Gasteiger partial charge in [-0.05, 0) is 25.1 Å². The van der Waals surface area contributed by atoms with Crippen LogP contribution in [-0.2, 0) is 0 Å². The second-order valence-electron chi connectivity index (χ2n) is 4.38. The van der Waals surface area contributed by atoms with Crippen molar-refractivity contribution in [1.29, 1.82) is 0 Å². The summed E-state index contributed by atoms with van der Waals surface area (Å²) >= 11 is 0. The van der Waals surface area contributed by atoms with Gasteiger partial charge < -0.3 is 19.4 Å². The van der Waals surface area contributed by atoms with Crippen LogP contribution in [-0.4, -0.2) is 12.3 Å². The molecule has 0 aliphatic carbocycles. The highest BCUT2D eigenvalue weighted by molar-refractivity contribution is 5.88. The van der Waals surface area contributed by atoms with E-state index in [4.69, 9.17) is 19.4 Å². The molecule has 2 N–H and O–H groups in total. The molecular weight excluding hydrogens is 256 g/mol. The summed E-state index contributed by atoms with van der Waals surface area (Å²) in [6.07, 6.45) is 0. The molecule has 20 heavy (non-hydrogen) atoms. The van der Waals surface area contributed by atoms with Crippen LogP contribution in [0, 0.1) is 6.92 Å². The van der Waals surface area contributed by atoms with Crippen LogP contribution in [0.3, 0.4) is 0 Å². The Bertz CT molecular complexity index is 743. The molecule has 2 heterocycles. The van der Waals surface area contributed by atoms with Gasteiger partial charge in [0.2, 0.25) is 5.88 Å². The average Bonchev–Trinajstić information content (AvgIpc) is 3.04. The minimum Gasteiger partial charge on any atom is -0.496 e. The van der Waals surface area contributed by atoms with Gasteiger partial charge in [-0.25, -0.2) is 0 Å². The Kier molecular flexibility index (Phi) is 2.95. The molecular formula is C15H14N2O3. The van der Waals surface area contributed by atoms with Crippen molar-refractivity contribution < 1.29 is 13.7 Å². The van der Waals surface area contributed by atoms with Crippen molar-refractivity contribution >= 4 is 5.88 Å². The summed E-state index contributed by atoms with van der Waals surface area (Å²) in [7, 11) is 1.61.